The van der Waals surface area contributed by atoms with Gasteiger partial charge in [0.25, 0.3) is 5.69 Å². The number of benzene rings is 2. The summed E-state index contributed by atoms with van der Waals surface area (Å²) in [5.41, 5.74) is 0.474. The summed E-state index contributed by atoms with van der Waals surface area (Å²) in [4.78, 5) is 22.5. The summed E-state index contributed by atoms with van der Waals surface area (Å²) in [6, 6.07) is 9.83. The number of methoxy groups -OCH3 is 1. The third kappa shape index (κ3) is 4.93. The predicted molar refractivity (Wildman–Crippen MR) is 96.3 cm³/mol. The molecule has 2 aromatic carbocycles. The van der Waals surface area contributed by atoms with Gasteiger partial charge in [0.15, 0.2) is 9.84 Å². The predicted octanol–water partition coefficient (Wildman–Crippen LogP) is 2.06. The van der Waals surface area contributed by atoms with Gasteiger partial charge in [-0.2, -0.15) is 0 Å². The van der Waals surface area contributed by atoms with Crippen molar-refractivity contribution in [1.29, 1.82) is 0 Å². The maximum Gasteiger partial charge on any atom is 0.271 e. The van der Waals surface area contributed by atoms with E-state index in [0.29, 0.717) is 17.1 Å². The first-order valence-electron chi connectivity index (χ1n) is 7.37. The summed E-state index contributed by atoms with van der Waals surface area (Å²) >= 11 is 0. The van der Waals surface area contributed by atoms with E-state index >= 15 is 0 Å². The molecule has 1 amide bonds. The molecule has 0 aliphatic heterocycles. The van der Waals surface area contributed by atoms with Gasteiger partial charge in [-0.1, -0.05) is 6.07 Å². The molecule has 0 unspecified atom stereocenters. The van der Waals surface area contributed by atoms with Gasteiger partial charge in [0.2, 0.25) is 5.91 Å². The van der Waals surface area contributed by atoms with Crippen molar-refractivity contribution < 1.29 is 22.9 Å². The van der Waals surface area contributed by atoms with E-state index in [1.165, 1.54) is 43.5 Å². The molecular weight excluding hydrogens is 362 g/mol. The molecule has 0 fully saturated rings. The van der Waals surface area contributed by atoms with Crippen LogP contribution in [0.25, 0.3) is 0 Å². The standard InChI is InChI=1S/C16H17N3O6S/c1-25-15-7-6-12(19(21)22)9-14(15)17-10-16(20)18-11-4-3-5-13(8-11)26(2,23)24/h3-9,17H,10H2,1-2H3,(H,18,20). The third-order valence-corrected chi connectivity index (χ3v) is 4.49. The maximum atomic E-state index is 12.1. The highest BCUT2D eigenvalue weighted by Crippen LogP contribution is 2.28. The van der Waals surface area contributed by atoms with E-state index in [0.717, 1.165) is 6.26 Å². The smallest absolute Gasteiger partial charge is 0.271 e. The topological polar surface area (TPSA) is 128 Å². The molecular formula is C16H17N3O6S. The molecule has 0 saturated heterocycles. The van der Waals surface area contributed by atoms with Crippen LogP contribution in [0.15, 0.2) is 47.4 Å². The Bertz CT molecular complexity index is 943. The van der Waals surface area contributed by atoms with Crippen LogP contribution in [0.5, 0.6) is 5.75 Å². The van der Waals surface area contributed by atoms with Gasteiger partial charge in [-0.3, -0.25) is 14.9 Å². The highest BCUT2D eigenvalue weighted by Gasteiger charge is 2.13. The molecule has 2 N–H and O–H groups in total. The maximum absolute atomic E-state index is 12.1. The van der Waals surface area contributed by atoms with E-state index in [2.05, 4.69) is 10.6 Å². The first-order chi connectivity index (χ1) is 12.2. The lowest BCUT2D eigenvalue weighted by Gasteiger charge is -2.11. The number of nitrogens with zero attached hydrogens (tertiary/aromatic N) is 1. The molecule has 0 aromatic heterocycles. The minimum absolute atomic E-state index is 0.0867. The number of carbonyl (C=O) groups excluding carboxylic acids is 1. The van der Waals surface area contributed by atoms with Crippen molar-refractivity contribution >= 4 is 32.8 Å². The number of rotatable bonds is 7. The molecule has 0 aliphatic rings. The average Bonchev–Trinajstić information content (AvgIpc) is 2.59. The SMILES string of the molecule is COc1ccc([N+](=O)[O-])cc1NCC(=O)Nc1cccc(S(C)(=O)=O)c1. The molecule has 0 saturated carbocycles. The van der Waals surface area contributed by atoms with Crippen LogP contribution >= 0.6 is 0 Å². The summed E-state index contributed by atoms with van der Waals surface area (Å²) in [5, 5.41) is 16.2. The van der Waals surface area contributed by atoms with Crippen LogP contribution in [-0.4, -0.2) is 39.2 Å². The molecule has 0 radical (unpaired) electrons. The Balaban J connectivity index is 2.08. The largest absolute Gasteiger partial charge is 0.495 e. The van der Waals surface area contributed by atoms with Crippen molar-refractivity contribution in [2.45, 2.75) is 4.90 Å². The number of amides is 1. The molecule has 2 rings (SSSR count). The van der Waals surface area contributed by atoms with Gasteiger partial charge in [-0.15, -0.1) is 0 Å². The molecule has 0 bridgehead atoms. The van der Waals surface area contributed by atoms with Gasteiger partial charge in [-0.25, -0.2) is 8.42 Å². The first-order valence-corrected chi connectivity index (χ1v) is 9.26. The van der Waals surface area contributed by atoms with E-state index < -0.39 is 20.7 Å². The van der Waals surface area contributed by atoms with E-state index in [-0.39, 0.29) is 17.1 Å². The minimum atomic E-state index is -3.39. The number of anilines is 2. The van der Waals surface area contributed by atoms with Crippen molar-refractivity contribution in [2.75, 3.05) is 30.5 Å². The summed E-state index contributed by atoms with van der Waals surface area (Å²) in [6.45, 7) is -0.194. The second-order valence-electron chi connectivity index (χ2n) is 5.34. The van der Waals surface area contributed by atoms with Gasteiger partial charge in [-0.05, 0) is 24.3 Å². The number of non-ortho nitro benzene ring substituents is 1. The molecule has 0 heterocycles. The zero-order valence-corrected chi connectivity index (χ0v) is 14.9. The van der Waals surface area contributed by atoms with Crippen LogP contribution in [0, 0.1) is 10.1 Å². The van der Waals surface area contributed by atoms with E-state index in [9.17, 15) is 23.3 Å². The van der Waals surface area contributed by atoms with Gasteiger partial charge in [0.05, 0.1) is 29.2 Å². The summed E-state index contributed by atoms with van der Waals surface area (Å²) in [7, 11) is -1.98. The van der Waals surface area contributed by atoms with Crippen molar-refractivity contribution in [1.82, 2.24) is 0 Å². The zero-order valence-electron chi connectivity index (χ0n) is 14.1. The Labute approximate surface area is 150 Å². The zero-order chi connectivity index (χ0) is 19.3. The number of hydrogen-bond donors (Lipinski definition) is 2. The molecule has 0 spiro atoms. The second kappa shape index (κ2) is 7.83. The molecule has 2 aromatic rings. The Morgan fingerprint density at radius 2 is 1.96 bits per heavy atom. The Hall–Kier alpha value is -3.14. The number of hydrogen-bond acceptors (Lipinski definition) is 7. The van der Waals surface area contributed by atoms with Crippen molar-refractivity contribution in [2.24, 2.45) is 0 Å². The quantitative estimate of drug-likeness (QED) is 0.556. The molecule has 0 aliphatic carbocycles. The number of carbonyl (C=O) groups is 1. The van der Waals surface area contributed by atoms with Gasteiger partial charge < -0.3 is 15.4 Å². The summed E-state index contributed by atoms with van der Waals surface area (Å²) < 4.78 is 28.2. The number of ether oxygens (including phenoxy) is 1. The molecule has 9 nitrogen and oxygen atoms in total. The van der Waals surface area contributed by atoms with Crippen LogP contribution < -0.4 is 15.4 Å². The Kier molecular flexibility index (Phi) is 5.78. The van der Waals surface area contributed by atoms with Gasteiger partial charge in [0, 0.05) is 24.1 Å². The lowest BCUT2D eigenvalue weighted by atomic mass is 10.2. The van der Waals surface area contributed by atoms with Crippen LogP contribution in [0.2, 0.25) is 0 Å². The van der Waals surface area contributed by atoms with Gasteiger partial charge >= 0.3 is 0 Å². The Morgan fingerprint density at radius 1 is 1.23 bits per heavy atom. The van der Waals surface area contributed by atoms with Gasteiger partial charge in [0.1, 0.15) is 5.75 Å². The van der Waals surface area contributed by atoms with E-state index in [1.807, 2.05) is 0 Å². The van der Waals surface area contributed by atoms with Crippen molar-refractivity contribution in [3.63, 3.8) is 0 Å². The average molecular weight is 379 g/mol. The van der Waals surface area contributed by atoms with Crippen LogP contribution in [0.4, 0.5) is 17.1 Å². The molecule has 0 atom stereocenters. The first kappa shape index (κ1) is 19.2. The fourth-order valence-corrected chi connectivity index (χ4v) is 2.80. The third-order valence-electron chi connectivity index (χ3n) is 3.38. The van der Waals surface area contributed by atoms with Crippen LogP contribution in [0.3, 0.4) is 0 Å². The molecule has 10 heteroatoms. The van der Waals surface area contributed by atoms with Crippen molar-refractivity contribution in [3.8, 4) is 5.75 Å². The molecule has 138 valence electrons. The van der Waals surface area contributed by atoms with Crippen LogP contribution in [0.1, 0.15) is 0 Å². The number of sulfone groups is 1. The lowest BCUT2D eigenvalue weighted by molar-refractivity contribution is -0.384. The monoisotopic (exact) mass is 379 g/mol. The minimum Gasteiger partial charge on any atom is -0.495 e. The van der Waals surface area contributed by atoms with E-state index in [4.69, 9.17) is 4.74 Å². The highest BCUT2D eigenvalue weighted by atomic mass is 32.2. The molecule has 26 heavy (non-hydrogen) atoms. The summed E-state index contributed by atoms with van der Waals surface area (Å²) in [5.74, 6) is -0.105. The second-order valence-corrected chi connectivity index (χ2v) is 7.36. The highest BCUT2D eigenvalue weighted by molar-refractivity contribution is 7.90. The number of nitro groups is 1. The number of nitrogens with one attached hydrogen (secondary N) is 2. The normalized spacial score (nSPS) is 10.8. The number of nitro benzene ring substituents is 1. The fraction of sp³-hybridized carbons (Fsp3) is 0.188. The van der Waals surface area contributed by atoms with E-state index in [1.54, 1.807) is 6.07 Å². The summed E-state index contributed by atoms with van der Waals surface area (Å²) in [6.07, 6.45) is 1.07. The van der Waals surface area contributed by atoms with Crippen molar-refractivity contribution in [3.05, 3.63) is 52.6 Å². The Morgan fingerprint density at radius 3 is 2.58 bits per heavy atom. The van der Waals surface area contributed by atoms with Crippen LogP contribution in [-0.2, 0) is 14.6 Å². The fourth-order valence-electron chi connectivity index (χ4n) is 2.13. The lowest BCUT2D eigenvalue weighted by Crippen LogP contribution is -2.22.